The number of rotatable bonds is 6. The van der Waals surface area contributed by atoms with Gasteiger partial charge in [-0.25, -0.2) is 0 Å². The van der Waals surface area contributed by atoms with Crippen molar-refractivity contribution in [1.29, 1.82) is 0 Å². The van der Waals surface area contributed by atoms with Crippen LogP contribution in [0.3, 0.4) is 0 Å². The molecular weight excluding hydrogens is 276 g/mol. The Morgan fingerprint density at radius 3 is 2.71 bits per heavy atom. The first kappa shape index (κ1) is 14.6. The Bertz CT molecular complexity index is 637. The summed E-state index contributed by atoms with van der Waals surface area (Å²) in [6.45, 7) is 2.69. The Labute approximate surface area is 120 Å². The van der Waals surface area contributed by atoms with Gasteiger partial charge in [0.2, 0.25) is 0 Å². The number of unbranched alkanes of at least 4 members (excludes halogenated alkanes) is 1. The van der Waals surface area contributed by atoms with Crippen LogP contribution >= 0.6 is 0 Å². The Kier molecular flexibility index (Phi) is 4.54. The molecule has 0 atom stereocenters. The minimum Gasteiger partial charge on any atom is -0.288 e. The number of nitro benzene ring substituents is 1. The van der Waals surface area contributed by atoms with Crippen LogP contribution in [0.2, 0.25) is 0 Å². The lowest BCUT2D eigenvalue weighted by Gasteiger charge is -2.00. The van der Waals surface area contributed by atoms with Crippen LogP contribution < -0.4 is 5.32 Å². The van der Waals surface area contributed by atoms with Crippen molar-refractivity contribution in [3.8, 4) is 0 Å². The number of benzene rings is 1. The summed E-state index contributed by atoms with van der Waals surface area (Å²) in [5, 5.41) is 24.6. The molecule has 0 aliphatic heterocycles. The summed E-state index contributed by atoms with van der Waals surface area (Å²) in [5.74, 6) is -0.339. The Morgan fingerprint density at radius 1 is 1.38 bits per heavy atom. The molecule has 9 nitrogen and oxygen atoms in total. The normalized spacial score (nSPS) is 10.3. The van der Waals surface area contributed by atoms with Crippen LogP contribution in [-0.4, -0.2) is 31.0 Å². The molecule has 0 spiro atoms. The fourth-order valence-corrected chi connectivity index (χ4v) is 1.60. The molecule has 0 bridgehead atoms. The zero-order chi connectivity index (χ0) is 15.2. The third-order valence-electron chi connectivity index (χ3n) is 2.73. The Morgan fingerprint density at radius 2 is 2.10 bits per heavy atom. The quantitative estimate of drug-likeness (QED) is 0.638. The molecular formula is C12H14N6O3. The zero-order valence-electron chi connectivity index (χ0n) is 11.4. The van der Waals surface area contributed by atoms with Crippen molar-refractivity contribution in [3.63, 3.8) is 0 Å². The van der Waals surface area contributed by atoms with Gasteiger partial charge in [0.25, 0.3) is 17.5 Å². The number of non-ortho nitro benzene ring substituents is 1. The average molecular weight is 290 g/mol. The van der Waals surface area contributed by atoms with Crippen molar-refractivity contribution in [3.05, 3.63) is 39.9 Å². The minimum atomic E-state index is -0.525. The average Bonchev–Trinajstić information content (AvgIpc) is 2.92. The fourth-order valence-electron chi connectivity index (χ4n) is 1.60. The molecule has 9 heteroatoms. The van der Waals surface area contributed by atoms with E-state index in [0.717, 1.165) is 12.8 Å². The van der Waals surface area contributed by atoms with Gasteiger partial charge in [-0.1, -0.05) is 18.4 Å². The second kappa shape index (κ2) is 6.55. The van der Waals surface area contributed by atoms with Crippen molar-refractivity contribution < 1.29 is 9.72 Å². The van der Waals surface area contributed by atoms with Gasteiger partial charge < -0.3 is 0 Å². The second-order valence-electron chi connectivity index (χ2n) is 4.32. The van der Waals surface area contributed by atoms with Gasteiger partial charge in [0, 0.05) is 17.7 Å². The van der Waals surface area contributed by atoms with E-state index in [9.17, 15) is 14.9 Å². The van der Waals surface area contributed by atoms with E-state index < -0.39 is 10.8 Å². The number of amides is 1. The van der Waals surface area contributed by atoms with Gasteiger partial charge in [-0.05, 0) is 23.8 Å². The molecule has 2 aromatic rings. The number of tetrazole rings is 1. The summed E-state index contributed by atoms with van der Waals surface area (Å²) in [7, 11) is 0. The van der Waals surface area contributed by atoms with E-state index in [4.69, 9.17) is 0 Å². The van der Waals surface area contributed by atoms with E-state index in [2.05, 4.69) is 20.7 Å². The van der Waals surface area contributed by atoms with E-state index in [-0.39, 0.29) is 17.2 Å². The van der Waals surface area contributed by atoms with Crippen LogP contribution in [0.1, 0.15) is 30.1 Å². The number of carbonyl (C=O) groups is 1. The van der Waals surface area contributed by atoms with Gasteiger partial charge in [-0.2, -0.15) is 4.80 Å². The number of nitrogens with zero attached hydrogens (tertiary/aromatic N) is 5. The van der Waals surface area contributed by atoms with Crippen LogP contribution in [0, 0.1) is 10.1 Å². The number of aryl methyl sites for hydroxylation is 1. The maximum Gasteiger partial charge on any atom is 0.270 e. The summed E-state index contributed by atoms with van der Waals surface area (Å²) in [6, 6.07) is 5.27. The zero-order valence-corrected chi connectivity index (χ0v) is 11.4. The van der Waals surface area contributed by atoms with Crippen LogP contribution in [0.4, 0.5) is 11.6 Å². The molecule has 1 N–H and O–H groups in total. The summed E-state index contributed by atoms with van der Waals surface area (Å²) >= 11 is 0. The molecule has 21 heavy (non-hydrogen) atoms. The highest BCUT2D eigenvalue weighted by molar-refractivity contribution is 6.03. The predicted octanol–water partition coefficient (Wildman–Crippen LogP) is 1.63. The van der Waals surface area contributed by atoms with E-state index in [0.29, 0.717) is 6.54 Å². The number of aromatic nitrogens is 4. The lowest BCUT2D eigenvalue weighted by atomic mass is 10.2. The number of nitro groups is 1. The van der Waals surface area contributed by atoms with Gasteiger partial charge in [0.15, 0.2) is 0 Å². The number of carbonyl (C=O) groups excluding carboxylic acids is 1. The van der Waals surface area contributed by atoms with Crippen LogP contribution in [0.25, 0.3) is 0 Å². The Balaban J connectivity index is 2.00. The lowest BCUT2D eigenvalue weighted by Crippen LogP contribution is -2.13. The third-order valence-corrected chi connectivity index (χ3v) is 2.73. The van der Waals surface area contributed by atoms with Crippen LogP contribution in [0.5, 0.6) is 0 Å². The van der Waals surface area contributed by atoms with E-state index >= 15 is 0 Å². The molecule has 0 fully saturated rings. The number of hydrogen-bond acceptors (Lipinski definition) is 6. The molecule has 1 aromatic heterocycles. The molecule has 1 heterocycles. The van der Waals surface area contributed by atoms with Crippen molar-refractivity contribution in [2.45, 2.75) is 26.3 Å². The van der Waals surface area contributed by atoms with E-state index in [1.165, 1.54) is 29.1 Å². The summed E-state index contributed by atoms with van der Waals surface area (Å²) < 4.78 is 0. The third kappa shape index (κ3) is 3.81. The standard InChI is InChI=1S/C12H14N6O3/c1-2-3-8-17-15-12(14-16-17)13-11(19)9-4-6-10(7-5-9)18(20)21/h4-7H,2-3,8H2,1H3,(H,13,15,19). The number of hydrogen-bond donors (Lipinski definition) is 1. The van der Waals surface area contributed by atoms with Crippen LogP contribution in [0.15, 0.2) is 24.3 Å². The SMILES string of the molecule is CCCCn1nnc(NC(=O)c2ccc([N+](=O)[O-])cc2)n1. The van der Waals surface area contributed by atoms with Gasteiger partial charge in [0.1, 0.15) is 0 Å². The molecule has 0 radical (unpaired) electrons. The topological polar surface area (TPSA) is 116 Å². The first-order valence-corrected chi connectivity index (χ1v) is 6.43. The largest absolute Gasteiger partial charge is 0.288 e. The van der Waals surface area contributed by atoms with Gasteiger partial charge in [-0.15, -0.1) is 5.10 Å². The highest BCUT2D eigenvalue weighted by atomic mass is 16.6. The molecule has 1 aromatic carbocycles. The van der Waals surface area contributed by atoms with Crippen molar-refractivity contribution >= 4 is 17.5 Å². The Hall–Kier alpha value is -2.84. The summed E-state index contributed by atoms with van der Waals surface area (Å²) in [6.07, 6.45) is 1.93. The minimum absolute atomic E-state index is 0.0739. The fraction of sp³-hybridized carbons (Fsp3) is 0.333. The summed E-state index contributed by atoms with van der Waals surface area (Å²) in [5.41, 5.74) is 0.209. The highest BCUT2D eigenvalue weighted by Crippen LogP contribution is 2.12. The first-order chi connectivity index (χ1) is 10.1. The molecule has 0 aliphatic rings. The molecule has 110 valence electrons. The number of nitrogens with one attached hydrogen (secondary N) is 1. The van der Waals surface area contributed by atoms with E-state index in [1.54, 1.807) is 0 Å². The molecule has 2 rings (SSSR count). The maximum atomic E-state index is 11.9. The first-order valence-electron chi connectivity index (χ1n) is 6.43. The highest BCUT2D eigenvalue weighted by Gasteiger charge is 2.12. The second-order valence-corrected chi connectivity index (χ2v) is 4.32. The van der Waals surface area contributed by atoms with Gasteiger partial charge in [0.05, 0.1) is 11.5 Å². The van der Waals surface area contributed by atoms with Crippen molar-refractivity contribution in [2.75, 3.05) is 5.32 Å². The molecule has 0 saturated heterocycles. The summed E-state index contributed by atoms with van der Waals surface area (Å²) in [4.78, 5) is 23.3. The van der Waals surface area contributed by atoms with Crippen LogP contribution in [-0.2, 0) is 6.54 Å². The van der Waals surface area contributed by atoms with E-state index in [1.807, 2.05) is 6.92 Å². The monoisotopic (exact) mass is 290 g/mol. The molecule has 0 aliphatic carbocycles. The van der Waals surface area contributed by atoms with Crippen molar-refractivity contribution in [1.82, 2.24) is 20.2 Å². The van der Waals surface area contributed by atoms with Gasteiger partial charge >= 0.3 is 0 Å². The number of anilines is 1. The van der Waals surface area contributed by atoms with Gasteiger partial charge in [-0.3, -0.25) is 20.2 Å². The van der Waals surface area contributed by atoms with Crippen molar-refractivity contribution in [2.24, 2.45) is 0 Å². The molecule has 0 unspecified atom stereocenters. The molecule has 0 saturated carbocycles. The smallest absolute Gasteiger partial charge is 0.270 e. The lowest BCUT2D eigenvalue weighted by molar-refractivity contribution is -0.384. The predicted molar refractivity (Wildman–Crippen MR) is 73.8 cm³/mol. The molecule has 1 amide bonds. The maximum absolute atomic E-state index is 11.9.